The summed E-state index contributed by atoms with van der Waals surface area (Å²) in [5.41, 5.74) is 6.64. The standard InChI is InChI=1S/C12H14N2O3/c1-2-17-11(15)5-10-8(6-13)3-4-9(7-14)12(10)16/h3-4,16H,2,5-6,13H2,1H3. The molecule has 0 fully saturated rings. The first kappa shape index (κ1) is 13.0. The van der Waals surface area contributed by atoms with Crippen molar-refractivity contribution < 1.29 is 14.6 Å². The zero-order chi connectivity index (χ0) is 12.8. The Kier molecular flexibility index (Phi) is 4.49. The van der Waals surface area contributed by atoms with E-state index in [4.69, 9.17) is 15.7 Å². The predicted molar refractivity (Wildman–Crippen MR) is 61.1 cm³/mol. The minimum Gasteiger partial charge on any atom is -0.506 e. The number of hydrogen-bond acceptors (Lipinski definition) is 5. The van der Waals surface area contributed by atoms with E-state index in [0.717, 1.165) is 0 Å². The van der Waals surface area contributed by atoms with Crippen LogP contribution in [0, 0.1) is 11.3 Å². The van der Waals surface area contributed by atoms with Crippen LogP contribution in [-0.2, 0) is 22.5 Å². The number of phenolic OH excluding ortho intramolecular Hbond substituents is 1. The third-order valence-electron chi connectivity index (χ3n) is 2.35. The number of aromatic hydroxyl groups is 1. The van der Waals surface area contributed by atoms with Gasteiger partial charge in [0.1, 0.15) is 11.8 Å². The molecule has 0 radical (unpaired) electrons. The van der Waals surface area contributed by atoms with Gasteiger partial charge >= 0.3 is 5.97 Å². The molecule has 0 saturated carbocycles. The summed E-state index contributed by atoms with van der Waals surface area (Å²) in [5.74, 6) is -0.643. The van der Waals surface area contributed by atoms with Crippen LogP contribution in [0.15, 0.2) is 12.1 Å². The number of hydrogen-bond donors (Lipinski definition) is 2. The zero-order valence-corrected chi connectivity index (χ0v) is 9.56. The summed E-state index contributed by atoms with van der Waals surface area (Å²) in [6.45, 7) is 2.16. The minimum absolute atomic E-state index is 0.0816. The van der Waals surface area contributed by atoms with Crippen molar-refractivity contribution >= 4 is 5.97 Å². The van der Waals surface area contributed by atoms with Gasteiger partial charge in [-0.25, -0.2) is 0 Å². The van der Waals surface area contributed by atoms with E-state index in [9.17, 15) is 9.90 Å². The summed E-state index contributed by atoms with van der Waals surface area (Å²) in [6.07, 6.45) is -0.0816. The van der Waals surface area contributed by atoms with Crippen LogP contribution in [0.5, 0.6) is 5.75 Å². The van der Waals surface area contributed by atoms with Crippen LogP contribution in [-0.4, -0.2) is 17.7 Å². The fourth-order valence-corrected chi connectivity index (χ4v) is 1.51. The topological polar surface area (TPSA) is 96.3 Å². The normalized spacial score (nSPS) is 9.71. The van der Waals surface area contributed by atoms with Crippen molar-refractivity contribution in [3.63, 3.8) is 0 Å². The number of carbonyl (C=O) groups is 1. The van der Waals surface area contributed by atoms with Gasteiger partial charge in [-0.05, 0) is 18.6 Å². The van der Waals surface area contributed by atoms with Gasteiger partial charge in [-0.3, -0.25) is 4.79 Å². The van der Waals surface area contributed by atoms with E-state index in [1.54, 1.807) is 13.0 Å². The van der Waals surface area contributed by atoms with E-state index < -0.39 is 5.97 Å². The molecule has 5 nitrogen and oxygen atoms in total. The molecule has 0 unspecified atom stereocenters. The average Bonchev–Trinajstić information content (AvgIpc) is 2.32. The lowest BCUT2D eigenvalue weighted by Gasteiger charge is -2.10. The van der Waals surface area contributed by atoms with Gasteiger partial charge in [0.2, 0.25) is 0 Å². The molecule has 0 aliphatic carbocycles. The molecule has 0 aromatic heterocycles. The molecule has 0 saturated heterocycles. The van der Waals surface area contributed by atoms with Crippen LogP contribution < -0.4 is 5.73 Å². The molecule has 0 atom stereocenters. The van der Waals surface area contributed by atoms with E-state index in [1.165, 1.54) is 6.07 Å². The number of nitriles is 1. The Bertz CT molecular complexity index is 464. The molecule has 17 heavy (non-hydrogen) atoms. The van der Waals surface area contributed by atoms with E-state index in [-0.39, 0.29) is 30.9 Å². The molecular formula is C12H14N2O3. The summed E-state index contributed by atoms with van der Waals surface area (Å²) in [5, 5.41) is 18.6. The number of phenols is 1. The summed E-state index contributed by atoms with van der Waals surface area (Å²) < 4.78 is 4.80. The van der Waals surface area contributed by atoms with Gasteiger partial charge in [0.05, 0.1) is 18.6 Å². The maximum absolute atomic E-state index is 11.4. The van der Waals surface area contributed by atoms with Gasteiger partial charge < -0.3 is 15.6 Å². The van der Waals surface area contributed by atoms with Gasteiger partial charge in [0.25, 0.3) is 0 Å². The Hall–Kier alpha value is -2.06. The van der Waals surface area contributed by atoms with E-state index in [2.05, 4.69) is 0 Å². The van der Waals surface area contributed by atoms with Crippen LogP contribution in [0.25, 0.3) is 0 Å². The third-order valence-corrected chi connectivity index (χ3v) is 2.35. The molecule has 3 N–H and O–H groups in total. The van der Waals surface area contributed by atoms with E-state index >= 15 is 0 Å². The molecular weight excluding hydrogens is 220 g/mol. The highest BCUT2D eigenvalue weighted by Crippen LogP contribution is 2.26. The Morgan fingerprint density at radius 2 is 2.29 bits per heavy atom. The number of carbonyl (C=O) groups excluding carboxylic acids is 1. The number of esters is 1. The second-order valence-corrected chi connectivity index (χ2v) is 3.40. The quantitative estimate of drug-likeness (QED) is 0.752. The molecule has 0 aliphatic rings. The van der Waals surface area contributed by atoms with Gasteiger partial charge in [0, 0.05) is 12.1 Å². The Labute approximate surface area is 99.4 Å². The lowest BCUT2D eigenvalue weighted by atomic mass is 10.00. The SMILES string of the molecule is CCOC(=O)Cc1c(CN)ccc(C#N)c1O. The first-order valence-corrected chi connectivity index (χ1v) is 5.23. The summed E-state index contributed by atoms with van der Waals surface area (Å²) in [6, 6.07) is 4.96. The third kappa shape index (κ3) is 2.95. The van der Waals surface area contributed by atoms with Gasteiger partial charge in [-0.1, -0.05) is 6.07 Å². The first-order valence-electron chi connectivity index (χ1n) is 5.23. The van der Waals surface area contributed by atoms with Crippen molar-refractivity contribution in [2.75, 3.05) is 6.61 Å². The molecule has 1 aromatic rings. The number of rotatable bonds is 4. The Morgan fingerprint density at radius 3 is 2.82 bits per heavy atom. The molecule has 0 heterocycles. The van der Waals surface area contributed by atoms with Crippen molar-refractivity contribution in [1.82, 2.24) is 0 Å². The number of nitrogens with two attached hydrogens (primary N) is 1. The molecule has 0 amide bonds. The fraction of sp³-hybridized carbons (Fsp3) is 0.333. The minimum atomic E-state index is -0.451. The molecule has 1 aromatic carbocycles. The molecule has 0 spiro atoms. The molecule has 90 valence electrons. The van der Waals surface area contributed by atoms with Crippen molar-refractivity contribution in [1.29, 1.82) is 5.26 Å². The summed E-state index contributed by atoms with van der Waals surface area (Å²) in [4.78, 5) is 11.4. The maximum Gasteiger partial charge on any atom is 0.310 e. The maximum atomic E-state index is 11.4. The second kappa shape index (κ2) is 5.87. The zero-order valence-electron chi connectivity index (χ0n) is 9.56. The molecule has 5 heteroatoms. The lowest BCUT2D eigenvalue weighted by molar-refractivity contribution is -0.142. The smallest absolute Gasteiger partial charge is 0.310 e. The highest BCUT2D eigenvalue weighted by Gasteiger charge is 2.15. The first-order chi connectivity index (χ1) is 8.13. The highest BCUT2D eigenvalue weighted by molar-refractivity contribution is 5.75. The van der Waals surface area contributed by atoms with Crippen LogP contribution in [0.3, 0.4) is 0 Å². The van der Waals surface area contributed by atoms with Crippen LogP contribution in [0.1, 0.15) is 23.6 Å². The van der Waals surface area contributed by atoms with E-state index in [1.807, 2.05) is 6.07 Å². The second-order valence-electron chi connectivity index (χ2n) is 3.40. The van der Waals surface area contributed by atoms with Gasteiger partial charge in [-0.15, -0.1) is 0 Å². The highest BCUT2D eigenvalue weighted by atomic mass is 16.5. The molecule has 1 rings (SSSR count). The number of ether oxygens (including phenoxy) is 1. The van der Waals surface area contributed by atoms with Crippen molar-refractivity contribution in [2.24, 2.45) is 5.73 Å². The average molecular weight is 234 g/mol. The Balaban J connectivity index is 3.11. The molecule has 0 bridgehead atoms. The number of benzene rings is 1. The molecule has 0 aliphatic heterocycles. The van der Waals surface area contributed by atoms with Crippen LogP contribution in [0.4, 0.5) is 0 Å². The van der Waals surface area contributed by atoms with Gasteiger partial charge in [-0.2, -0.15) is 5.26 Å². The predicted octanol–water partition coefficient (Wildman–Crippen LogP) is 0.828. The lowest BCUT2D eigenvalue weighted by Crippen LogP contribution is -2.11. The largest absolute Gasteiger partial charge is 0.506 e. The van der Waals surface area contributed by atoms with E-state index in [0.29, 0.717) is 11.1 Å². The van der Waals surface area contributed by atoms with Crippen LogP contribution in [0.2, 0.25) is 0 Å². The fourth-order valence-electron chi connectivity index (χ4n) is 1.51. The summed E-state index contributed by atoms with van der Waals surface area (Å²) >= 11 is 0. The van der Waals surface area contributed by atoms with Crippen LogP contribution >= 0.6 is 0 Å². The number of nitrogens with zero attached hydrogens (tertiary/aromatic N) is 1. The Morgan fingerprint density at radius 1 is 1.59 bits per heavy atom. The van der Waals surface area contributed by atoms with Crippen molar-refractivity contribution in [2.45, 2.75) is 19.9 Å². The van der Waals surface area contributed by atoms with Crippen molar-refractivity contribution in [3.8, 4) is 11.8 Å². The van der Waals surface area contributed by atoms with Gasteiger partial charge in [0.15, 0.2) is 0 Å². The monoisotopic (exact) mass is 234 g/mol. The summed E-state index contributed by atoms with van der Waals surface area (Å²) in [7, 11) is 0. The van der Waals surface area contributed by atoms with Crippen molar-refractivity contribution in [3.05, 3.63) is 28.8 Å².